The van der Waals surface area contributed by atoms with Gasteiger partial charge in [-0.15, -0.1) is 0 Å². The number of nitrogens with zero attached hydrogens (tertiary/aromatic N) is 2. The first-order chi connectivity index (χ1) is 13.1. The molecule has 0 spiro atoms. The molecule has 27 heavy (non-hydrogen) atoms. The van der Waals surface area contributed by atoms with Gasteiger partial charge in [-0.05, 0) is 23.8 Å². The third-order valence-electron chi connectivity index (χ3n) is 4.42. The SMILES string of the molecule is COc1ccc(Cl)cc1C(=O)N1CCN(C(=O)OCc2ccccc2)CC1. The van der Waals surface area contributed by atoms with Crippen molar-refractivity contribution in [2.45, 2.75) is 6.61 Å². The van der Waals surface area contributed by atoms with E-state index in [1.165, 1.54) is 7.11 Å². The van der Waals surface area contributed by atoms with E-state index in [2.05, 4.69) is 0 Å². The van der Waals surface area contributed by atoms with Crippen LogP contribution in [-0.4, -0.2) is 55.1 Å². The number of carbonyl (C=O) groups excluding carboxylic acids is 2. The van der Waals surface area contributed by atoms with Gasteiger partial charge in [-0.1, -0.05) is 41.9 Å². The van der Waals surface area contributed by atoms with Crippen LogP contribution in [0.15, 0.2) is 48.5 Å². The van der Waals surface area contributed by atoms with Gasteiger partial charge in [0.1, 0.15) is 12.4 Å². The zero-order valence-corrected chi connectivity index (χ0v) is 15.8. The molecule has 6 nitrogen and oxygen atoms in total. The summed E-state index contributed by atoms with van der Waals surface area (Å²) in [7, 11) is 1.51. The number of methoxy groups -OCH3 is 1. The normalized spacial score (nSPS) is 14.0. The molecule has 1 fully saturated rings. The number of amides is 2. The van der Waals surface area contributed by atoms with Crippen molar-refractivity contribution in [3.05, 3.63) is 64.7 Å². The Morgan fingerprint density at radius 3 is 2.33 bits per heavy atom. The highest BCUT2D eigenvalue weighted by atomic mass is 35.5. The van der Waals surface area contributed by atoms with Gasteiger partial charge < -0.3 is 19.3 Å². The van der Waals surface area contributed by atoms with E-state index in [9.17, 15) is 9.59 Å². The van der Waals surface area contributed by atoms with E-state index >= 15 is 0 Å². The Kier molecular flexibility index (Phi) is 6.19. The van der Waals surface area contributed by atoms with Gasteiger partial charge in [0.2, 0.25) is 0 Å². The summed E-state index contributed by atoms with van der Waals surface area (Å²) in [6, 6.07) is 14.5. The summed E-state index contributed by atoms with van der Waals surface area (Å²) < 4.78 is 10.6. The highest BCUT2D eigenvalue weighted by Crippen LogP contribution is 2.24. The zero-order valence-electron chi connectivity index (χ0n) is 15.1. The fraction of sp³-hybridized carbons (Fsp3) is 0.300. The van der Waals surface area contributed by atoms with Gasteiger partial charge in [0.25, 0.3) is 5.91 Å². The first-order valence-corrected chi connectivity index (χ1v) is 9.04. The Balaban J connectivity index is 1.54. The van der Waals surface area contributed by atoms with E-state index in [4.69, 9.17) is 21.1 Å². The number of piperazine rings is 1. The number of carbonyl (C=O) groups is 2. The summed E-state index contributed by atoms with van der Waals surface area (Å²) in [5.41, 5.74) is 1.36. The number of benzene rings is 2. The predicted molar refractivity (Wildman–Crippen MR) is 102 cm³/mol. The molecule has 2 aromatic carbocycles. The molecule has 2 amide bonds. The number of hydrogen-bond donors (Lipinski definition) is 0. The standard InChI is InChI=1S/C20H21ClN2O4/c1-26-18-8-7-16(21)13-17(18)19(24)22-9-11-23(12-10-22)20(25)27-14-15-5-3-2-4-6-15/h2-8,13H,9-12,14H2,1H3. The van der Waals surface area contributed by atoms with Crippen molar-refractivity contribution in [1.29, 1.82) is 0 Å². The van der Waals surface area contributed by atoms with Crippen molar-refractivity contribution in [2.24, 2.45) is 0 Å². The minimum absolute atomic E-state index is 0.161. The van der Waals surface area contributed by atoms with E-state index < -0.39 is 0 Å². The molecule has 0 aliphatic carbocycles. The predicted octanol–water partition coefficient (Wildman–Crippen LogP) is 3.44. The highest BCUT2D eigenvalue weighted by molar-refractivity contribution is 6.31. The van der Waals surface area contributed by atoms with Gasteiger partial charge in [0.15, 0.2) is 0 Å². The lowest BCUT2D eigenvalue weighted by molar-refractivity contribution is 0.0541. The summed E-state index contributed by atoms with van der Waals surface area (Å²) in [6.45, 7) is 1.92. The molecule has 1 heterocycles. The average molecular weight is 389 g/mol. The Morgan fingerprint density at radius 1 is 1.00 bits per heavy atom. The Morgan fingerprint density at radius 2 is 1.67 bits per heavy atom. The van der Waals surface area contributed by atoms with Gasteiger partial charge in [-0.25, -0.2) is 4.79 Å². The molecule has 0 saturated carbocycles. The molecule has 0 unspecified atom stereocenters. The number of halogens is 1. The minimum Gasteiger partial charge on any atom is -0.496 e. The molecule has 0 radical (unpaired) electrons. The van der Waals surface area contributed by atoms with Crippen molar-refractivity contribution in [1.82, 2.24) is 9.80 Å². The van der Waals surface area contributed by atoms with Crippen LogP contribution >= 0.6 is 11.6 Å². The fourth-order valence-electron chi connectivity index (χ4n) is 2.92. The van der Waals surface area contributed by atoms with Crippen molar-refractivity contribution < 1.29 is 19.1 Å². The van der Waals surface area contributed by atoms with Crippen LogP contribution in [0.1, 0.15) is 15.9 Å². The van der Waals surface area contributed by atoms with Gasteiger partial charge >= 0.3 is 6.09 Å². The van der Waals surface area contributed by atoms with E-state index in [1.807, 2.05) is 30.3 Å². The maximum absolute atomic E-state index is 12.8. The molecule has 0 atom stereocenters. The largest absolute Gasteiger partial charge is 0.496 e. The van der Waals surface area contributed by atoms with E-state index in [0.717, 1.165) is 5.56 Å². The molecule has 142 valence electrons. The maximum Gasteiger partial charge on any atom is 0.410 e. The van der Waals surface area contributed by atoms with E-state index in [-0.39, 0.29) is 18.6 Å². The molecule has 0 N–H and O–H groups in total. The Bertz CT molecular complexity index is 805. The topological polar surface area (TPSA) is 59.1 Å². The van der Waals surface area contributed by atoms with Crippen LogP contribution in [0.25, 0.3) is 0 Å². The summed E-state index contributed by atoms with van der Waals surface area (Å²) in [4.78, 5) is 28.3. The molecule has 7 heteroatoms. The van der Waals surface area contributed by atoms with Crippen LogP contribution in [0.5, 0.6) is 5.75 Å². The van der Waals surface area contributed by atoms with Crippen LogP contribution in [0.3, 0.4) is 0 Å². The molecular weight excluding hydrogens is 368 g/mol. The quantitative estimate of drug-likeness (QED) is 0.805. The van der Waals surface area contributed by atoms with Gasteiger partial charge in [-0.2, -0.15) is 0 Å². The van der Waals surface area contributed by atoms with Crippen LogP contribution in [-0.2, 0) is 11.3 Å². The zero-order chi connectivity index (χ0) is 19.2. The van der Waals surface area contributed by atoms with Gasteiger partial charge in [-0.3, -0.25) is 4.79 Å². The average Bonchev–Trinajstić information content (AvgIpc) is 2.72. The Labute approximate surface area is 163 Å². The molecule has 3 rings (SSSR count). The molecule has 0 bridgehead atoms. The smallest absolute Gasteiger partial charge is 0.410 e. The van der Waals surface area contributed by atoms with Gasteiger partial charge in [0, 0.05) is 31.2 Å². The second-order valence-corrected chi connectivity index (χ2v) is 6.60. The molecule has 1 aliphatic rings. The number of ether oxygens (including phenoxy) is 2. The minimum atomic E-state index is -0.369. The number of hydrogen-bond acceptors (Lipinski definition) is 4. The van der Waals surface area contributed by atoms with Crippen molar-refractivity contribution in [3.8, 4) is 5.75 Å². The summed E-state index contributed by atoms with van der Waals surface area (Å²) in [6.07, 6.45) is -0.369. The van der Waals surface area contributed by atoms with Crippen molar-refractivity contribution in [3.63, 3.8) is 0 Å². The van der Waals surface area contributed by atoms with Crippen LogP contribution in [0.2, 0.25) is 5.02 Å². The first-order valence-electron chi connectivity index (χ1n) is 8.67. The summed E-state index contributed by atoms with van der Waals surface area (Å²) >= 11 is 6.01. The van der Waals surface area contributed by atoms with Crippen LogP contribution in [0, 0.1) is 0 Å². The van der Waals surface area contributed by atoms with Crippen LogP contribution < -0.4 is 4.74 Å². The molecular formula is C20H21ClN2O4. The van der Waals surface area contributed by atoms with Crippen LogP contribution in [0.4, 0.5) is 4.79 Å². The number of rotatable bonds is 4. The summed E-state index contributed by atoms with van der Waals surface area (Å²) in [5.74, 6) is 0.320. The second-order valence-electron chi connectivity index (χ2n) is 6.16. The lowest BCUT2D eigenvalue weighted by atomic mass is 10.1. The van der Waals surface area contributed by atoms with E-state index in [1.54, 1.807) is 28.0 Å². The third-order valence-corrected chi connectivity index (χ3v) is 4.66. The monoisotopic (exact) mass is 388 g/mol. The third kappa shape index (κ3) is 4.71. The summed E-state index contributed by atoms with van der Waals surface area (Å²) in [5, 5.41) is 0.474. The molecule has 2 aromatic rings. The van der Waals surface area contributed by atoms with E-state index in [0.29, 0.717) is 42.5 Å². The van der Waals surface area contributed by atoms with Crippen molar-refractivity contribution in [2.75, 3.05) is 33.3 Å². The Hall–Kier alpha value is -2.73. The highest BCUT2D eigenvalue weighted by Gasteiger charge is 2.27. The lowest BCUT2D eigenvalue weighted by Gasteiger charge is -2.34. The van der Waals surface area contributed by atoms with Gasteiger partial charge in [0.05, 0.1) is 12.7 Å². The second kappa shape index (κ2) is 8.77. The molecule has 0 aromatic heterocycles. The lowest BCUT2D eigenvalue weighted by Crippen LogP contribution is -2.50. The molecule has 1 aliphatic heterocycles. The maximum atomic E-state index is 12.8. The van der Waals surface area contributed by atoms with Crippen molar-refractivity contribution >= 4 is 23.6 Å². The molecule has 1 saturated heterocycles. The first kappa shape index (κ1) is 19.0. The fourth-order valence-corrected chi connectivity index (χ4v) is 3.09.